The van der Waals surface area contributed by atoms with Crippen molar-refractivity contribution in [1.29, 1.82) is 0 Å². The maximum absolute atomic E-state index is 11.2. The summed E-state index contributed by atoms with van der Waals surface area (Å²) in [4.78, 5) is 11.2. The lowest BCUT2D eigenvalue weighted by atomic mass is 10.1. The molecule has 1 aromatic rings. The molecular weight excluding hydrogens is 212 g/mol. The van der Waals surface area contributed by atoms with Crippen LogP contribution >= 0.6 is 10.7 Å². The first-order valence-corrected chi connectivity index (χ1v) is 5.78. The third-order valence-corrected chi connectivity index (χ3v) is 2.67. The summed E-state index contributed by atoms with van der Waals surface area (Å²) in [5.41, 5.74) is 0.717. The van der Waals surface area contributed by atoms with E-state index in [4.69, 9.17) is 10.7 Å². The number of carbonyl (C=O) groups excluding carboxylic acids is 1. The molecule has 1 rings (SSSR count). The summed E-state index contributed by atoms with van der Waals surface area (Å²) in [6.07, 6.45) is 0. The van der Waals surface area contributed by atoms with Crippen molar-refractivity contribution in [2.45, 2.75) is 6.92 Å². The Morgan fingerprint density at radius 3 is 2.31 bits per heavy atom. The largest absolute Gasteiger partial charge is 0.299 e. The van der Waals surface area contributed by atoms with Crippen LogP contribution in [0.5, 0.6) is 0 Å². The van der Waals surface area contributed by atoms with Crippen molar-refractivity contribution in [1.82, 2.24) is 0 Å². The lowest BCUT2D eigenvalue weighted by molar-refractivity contribution is 0.107. The Bertz CT molecular complexity index is 436. The van der Waals surface area contributed by atoms with Gasteiger partial charge in [0.1, 0.15) is 0 Å². The molecule has 0 amide bonds. The molecule has 1 aromatic carbocycles. The van der Waals surface area contributed by atoms with Gasteiger partial charge in [-0.3, -0.25) is 4.79 Å². The van der Waals surface area contributed by atoms with E-state index in [1.54, 1.807) is 25.1 Å². The summed E-state index contributed by atoms with van der Waals surface area (Å²) in [5, 5.41) is -1.05. The van der Waals surface area contributed by atoms with Crippen LogP contribution in [0, 0.1) is 6.92 Å². The second kappa shape index (κ2) is 3.47. The van der Waals surface area contributed by atoms with E-state index in [9.17, 15) is 13.2 Å². The van der Waals surface area contributed by atoms with E-state index in [0.717, 1.165) is 0 Å². The molecule has 0 aliphatic heterocycles. The van der Waals surface area contributed by atoms with Gasteiger partial charge in [-0.15, -0.1) is 0 Å². The molecule has 0 atom stereocenters. The smallest absolute Gasteiger partial charge is 0.275 e. The van der Waals surface area contributed by atoms with Gasteiger partial charge in [0, 0.05) is 16.2 Å². The summed E-state index contributed by atoms with van der Waals surface area (Å²) < 4.78 is 21.4. The minimum absolute atomic E-state index is 0.123. The zero-order valence-corrected chi connectivity index (χ0v) is 8.39. The van der Waals surface area contributed by atoms with Gasteiger partial charge in [-0.1, -0.05) is 18.2 Å². The van der Waals surface area contributed by atoms with Crippen molar-refractivity contribution in [2.24, 2.45) is 0 Å². The fraction of sp³-hybridized carbons (Fsp3) is 0.125. The lowest BCUT2D eigenvalue weighted by Crippen LogP contribution is -2.09. The second-order valence-corrected chi connectivity index (χ2v) is 5.01. The fourth-order valence-electron chi connectivity index (χ4n) is 0.933. The van der Waals surface area contributed by atoms with E-state index in [2.05, 4.69) is 0 Å². The van der Waals surface area contributed by atoms with E-state index >= 15 is 0 Å². The van der Waals surface area contributed by atoms with Gasteiger partial charge in [-0.25, -0.2) is 8.42 Å². The lowest BCUT2D eigenvalue weighted by Gasteiger charge is -1.99. The van der Waals surface area contributed by atoms with Gasteiger partial charge in [0.2, 0.25) is 0 Å². The molecule has 0 aliphatic rings. The van der Waals surface area contributed by atoms with Gasteiger partial charge in [-0.2, -0.15) is 0 Å². The highest BCUT2D eigenvalue weighted by Crippen LogP contribution is 2.13. The molecule has 0 N–H and O–H groups in total. The summed E-state index contributed by atoms with van der Waals surface area (Å²) in [5.74, 6) is 0. The maximum Gasteiger partial charge on any atom is 0.299 e. The van der Waals surface area contributed by atoms with E-state index in [1.807, 2.05) is 0 Å². The number of hydrogen-bond acceptors (Lipinski definition) is 3. The monoisotopic (exact) mass is 218 g/mol. The van der Waals surface area contributed by atoms with E-state index in [-0.39, 0.29) is 5.56 Å². The maximum atomic E-state index is 11.2. The Hall–Kier alpha value is -0.870. The zero-order valence-electron chi connectivity index (χ0n) is 6.82. The van der Waals surface area contributed by atoms with E-state index < -0.39 is 14.2 Å². The fourth-order valence-corrected chi connectivity index (χ4v) is 1.67. The Balaban J connectivity index is 3.26. The predicted octanol–water partition coefficient (Wildman–Crippen LogP) is 1.70. The summed E-state index contributed by atoms with van der Waals surface area (Å²) in [6.45, 7) is 1.65. The van der Waals surface area contributed by atoms with Crippen LogP contribution < -0.4 is 0 Å². The first-order valence-electron chi connectivity index (χ1n) is 3.47. The standard InChI is InChI=1S/C8H7ClO3S/c1-6-4-2-3-5-7(6)8(10)13(9,11)12/h2-5H,1H3. The zero-order chi connectivity index (χ0) is 10.1. The van der Waals surface area contributed by atoms with Crippen molar-refractivity contribution in [3.8, 4) is 0 Å². The molecule has 0 fully saturated rings. The highest BCUT2D eigenvalue weighted by Gasteiger charge is 2.21. The van der Waals surface area contributed by atoms with Gasteiger partial charge in [0.15, 0.2) is 0 Å². The van der Waals surface area contributed by atoms with Gasteiger partial charge < -0.3 is 0 Å². The minimum Gasteiger partial charge on any atom is -0.275 e. The molecule has 0 unspecified atom stereocenters. The molecule has 0 saturated heterocycles. The average molecular weight is 219 g/mol. The molecule has 5 heteroatoms. The number of carbonyl (C=O) groups is 1. The summed E-state index contributed by atoms with van der Waals surface area (Å²) >= 11 is 0. The number of hydrogen-bond donors (Lipinski definition) is 0. The normalized spacial score (nSPS) is 11.2. The van der Waals surface area contributed by atoms with Crippen LogP contribution in [0.2, 0.25) is 0 Å². The SMILES string of the molecule is Cc1ccccc1C(=O)S(=O)(=O)Cl. The molecule has 3 nitrogen and oxygen atoms in total. The van der Waals surface area contributed by atoms with Gasteiger partial charge in [0.25, 0.3) is 14.2 Å². The first-order chi connectivity index (χ1) is 5.93. The van der Waals surface area contributed by atoms with Crippen LogP contribution in [0.4, 0.5) is 0 Å². The third-order valence-electron chi connectivity index (χ3n) is 1.59. The van der Waals surface area contributed by atoms with Gasteiger partial charge in [-0.05, 0) is 18.6 Å². The topological polar surface area (TPSA) is 51.2 Å². The number of aryl methyl sites for hydroxylation is 1. The highest BCUT2D eigenvalue weighted by molar-refractivity contribution is 8.25. The summed E-state index contributed by atoms with van der Waals surface area (Å²) in [7, 11) is 0.768. The van der Waals surface area contributed by atoms with Gasteiger partial charge in [0.05, 0.1) is 0 Å². The van der Waals surface area contributed by atoms with E-state index in [0.29, 0.717) is 5.56 Å². The average Bonchev–Trinajstić information content (AvgIpc) is 2.02. The third kappa shape index (κ3) is 2.29. The number of benzene rings is 1. The Kier molecular flexibility index (Phi) is 2.73. The Morgan fingerprint density at radius 1 is 1.31 bits per heavy atom. The van der Waals surface area contributed by atoms with Crippen LogP contribution in [0.15, 0.2) is 24.3 Å². The van der Waals surface area contributed by atoms with Crippen LogP contribution in [0.1, 0.15) is 15.9 Å². The second-order valence-electron chi connectivity index (χ2n) is 2.54. The highest BCUT2D eigenvalue weighted by atomic mass is 35.7. The molecule has 13 heavy (non-hydrogen) atoms. The Morgan fingerprint density at radius 2 is 1.85 bits per heavy atom. The van der Waals surface area contributed by atoms with Crippen molar-refractivity contribution >= 4 is 24.8 Å². The van der Waals surface area contributed by atoms with Gasteiger partial charge >= 0.3 is 0 Å². The molecule has 70 valence electrons. The molecule has 0 heterocycles. The minimum atomic E-state index is -4.15. The van der Waals surface area contributed by atoms with Crippen molar-refractivity contribution < 1.29 is 13.2 Å². The van der Waals surface area contributed by atoms with Crippen LogP contribution in [-0.2, 0) is 9.05 Å². The molecule has 0 radical (unpaired) electrons. The number of halogens is 1. The molecule has 0 aromatic heterocycles. The van der Waals surface area contributed by atoms with Crippen molar-refractivity contribution in [3.63, 3.8) is 0 Å². The van der Waals surface area contributed by atoms with Crippen molar-refractivity contribution in [2.75, 3.05) is 0 Å². The summed E-state index contributed by atoms with van der Waals surface area (Å²) in [6, 6.07) is 6.38. The van der Waals surface area contributed by atoms with Crippen LogP contribution in [-0.4, -0.2) is 13.5 Å². The molecule has 0 bridgehead atoms. The quantitative estimate of drug-likeness (QED) is 0.675. The van der Waals surface area contributed by atoms with Crippen LogP contribution in [0.3, 0.4) is 0 Å². The van der Waals surface area contributed by atoms with Crippen molar-refractivity contribution in [3.05, 3.63) is 35.4 Å². The Labute approximate surface area is 80.8 Å². The van der Waals surface area contributed by atoms with Crippen LogP contribution in [0.25, 0.3) is 0 Å². The molecule has 0 aliphatic carbocycles. The molecular formula is C8H7ClO3S. The first kappa shape index (κ1) is 10.2. The molecule has 0 spiro atoms. The number of rotatable bonds is 1. The molecule has 0 saturated carbocycles. The van der Waals surface area contributed by atoms with E-state index in [1.165, 1.54) is 6.07 Å². The predicted molar refractivity (Wildman–Crippen MR) is 50.3 cm³/mol.